The van der Waals surface area contributed by atoms with E-state index in [1.54, 1.807) is 0 Å². The molecular weight excluding hydrogens is 202 g/mol. The number of morpholine rings is 1. The number of hydrogen-bond donors (Lipinski definition) is 1. The molecule has 3 nitrogen and oxygen atoms in total. The molecule has 3 heteroatoms. The van der Waals surface area contributed by atoms with Crippen LogP contribution in [-0.4, -0.2) is 49.5 Å². The minimum atomic E-state index is 0.361. The lowest BCUT2D eigenvalue weighted by molar-refractivity contribution is 0.0370. The Hall–Kier alpha value is -0.120. The van der Waals surface area contributed by atoms with Gasteiger partial charge in [0.2, 0.25) is 0 Å². The SMILES string of the molecule is CCC(CO)CCCCCN1CCOCC1. The van der Waals surface area contributed by atoms with Crippen molar-refractivity contribution in [2.24, 2.45) is 5.92 Å². The number of nitrogens with zero attached hydrogens (tertiary/aromatic N) is 1. The van der Waals surface area contributed by atoms with E-state index < -0.39 is 0 Å². The molecule has 0 aliphatic carbocycles. The fraction of sp³-hybridized carbons (Fsp3) is 1.00. The van der Waals surface area contributed by atoms with Crippen LogP contribution in [-0.2, 0) is 4.74 Å². The Kier molecular flexibility index (Phi) is 7.81. The van der Waals surface area contributed by atoms with E-state index in [-0.39, 0.29) is 0 Å². The van der Waals surface area contributed by atoms with Crippen LogP contribution >= 0.6 is 0 Å². The van der Waals surface area contributed by atoms with Crippen molar-refractivity contribution in [2.45, 2.75) is 39.0 Å². The van der Waals surface area contributed by atoms with E-state index in [0.29, 0.717) is 12.5 Å². The summed E-state index contributed by atoms with van der Waals surface area (Å²) < 4.78 is 5.32. The third-order valence-electron chi connectivity index (χ3n) is 3.53. The van der Waals surface area contributed by atoms with Gasteiger partial charge in [-0.1, -0.05) is 26.2 Å². The van der Waals surface area contributed by atoms with E-state index in [1.165, 1.54) is 32.2 Å². The van der Waals surface area contributed by atoms with Crippen LogP contribution in [0, 0.1) is 5.92 Å². The second-order valence-corrected chi connectivity index (χ2v) is 4.76. The second kappa shape index (κ2) is 8.97. The summed E-state index contributed by atoms with van der Waals surface area (Å²) in [5.41, 5.74) is 0. The number of ether oxygens (including phenoxy) is 1. The van der Waals surface area contributed by atoms with E-state index in [0.717, 1.165) is 32.7 Å². The summed E-state index contributed by atoms with van der Waals surface area (Å²) in [6.07, 6.45) is 6.16. The Morgan fingerprint density at radius 3 is 2.56 bits per heavy atom. The minimum Gasteiger partial charge on any atom is -0.396 e. The third kappa shape index (κ3) is 5.83. The Labute approximate surface area is 99.8 Å². The number of aliphatic hydroxyl groups excluding tert-OH is 1. The lowest BCUT2D eigenvalue weighted by atomic mass is 9.99. The van der Waals surface area contributed by atoms with Gasteiger partial charge in [0.05, 0.1) is 13.2 Å². The van der Waals surface area contributed by atoms with Gasteiger partial charge < -0.3 is 9.84 Å². The van der Waals surface area contributed by atoms with Crippen LogP contribution < -0.4 is 0 Å². The summed E-state index contributed by atoms with van der Waals surface area (Å²) in [6.45, 7) is 7.77. The Balaban J connectivity index is 1.90. The number of unbranched alkanes of at least 4 members (excludes halogenated alkanes) is 2. The largest absolute Gasteiger partial charge is 0.396 e. The highest BCUT2D eigenvalue weighted by molar-refractivity contribution is 4.62. The maximum atomic E-state index is 9.06. The lowest BCUT2D eigenvalue weighted by Crippen LogP contribution is -2.36. The average molecular weight is 229 g/mol. The molecule has 1 rings (SSSR count). The standard InChI is InChI=1S/C13H27NO2/c1-2-13(12-15)6-4-3-5-7-14-8-10-16-11-9-14/h13,15H,2-12H2,1H3. The van der Waals surface area contributed by atoms with Gasteiger partial charge in [-0.25, -0.2) is 0 Å². The lowest BCUT2D eigenvalue weighted by Gasteiger charge is -2.26. The molecule has 1 aliphatic rings. The van der Waals surface area contributed by atoms with Gasteiger partial charge in [0.15, 0.2) is 0 Å². The minimum absolute atomic E-state index is 0.361. The number of hydrogen-bond acceptors (Lipinski definition) is 3. The Bertz CT molecular complexity index is 154. The maximum Gasteiger partial charge on any atom is 0.0594 e. The first kappa shape index (κ1) is 13.9. The molecule has 1 heterocycles. The highest BCUT2D eigenvalue weighted by Gasteiger charge is 2.09. The first-order valence-electron chi connectivity index (χ1n) is 6.77. The molecule has 0 aromatic rings. The fourth-order valence-electron chi connectivity index (χ4n) is 2.19. The highest BCUT2D eigenvalue weighted by atomic mass is 16.5. The molecule has 1 aliphatic heterocycles. The molecule has 1 unspecified atom stereocenters. The number of aliphatic hydroxyl groups is 1. The maximum absolute atomic E-state index is 9.06. The van der Waals surface area contributed by atoms with E-state index >= 15 is 0 Å². The molecule has 16 heavy (non-hydrogen) atoms. The molecule has 0 radical (unpaired) electrons. The summed E-state index contributed by atoms with van der Waals surface area (Å²) in [4.78, 5) is 2.49. The molecule has 0 spiro atoms. The highest BCUT2D eigenvalue weighted by Crippen LogP contribution is 2.13. The molecule has 1 atom stereocenters. The fourth-order valence-corrected chi connectivity index (χ4v) is 2.19. The van der Waals surface area contributed by atoms with E-state index in [2.05, 4.69) is 11.8 Å². The van der Waals surface area contributed by atoms with Crippen LogP contribution in [0.1, 0.15) is 39.0 Å². The Morgan fingerprint density at radius 2 is 1.94 bits per heavy atom. The molecule has 0 aromatic carbocycles. The third-order valence-corrected chi connectivity index (χ3v) is 3.53. The second-order valence-electron chi connectivity index (χ2n) is 4.76. The summed E-state index contributed by atoms with van der Waals surface area (Å²) in [5.74, 6) is 0.531. The van der Waals surface area contributed by atoms with Gasteiger partial charge in [-0.15, -0.1) is 0 Å². The van der Waals surface area contributed by atoms with Gasteiger partial charge in [-0.2, -0.15) is 0 Å². The quantitative estimate of drug-likeness (QED) is 0.645. The van der Waals surface area contributed by atoms with Gasteiger partial charge in [-0.05, 0) is 25.3 Å². The van der Waals surface area contributed by atoms with Gasteiger partial charge in [0.1, 0.15) is 0 Å². The molecule has 0 aromatic heterocycles. The van der Waals surface area contributed by atoms with Gasteiger partial charge in [-0.3, -0.25) is 4.90 Å². The van der Waals surface area contributed by atoms with Gasteiger partial charge >= 0.3 is 0 Å². The van der Waals surface area contributed by atoms with Crippen LogP contribution in [0.5, 0.6) is 0 Å². The van der Waals surface area contributed by atoms with Crippen molar-refractivity contribution >= 4 is 0 Å². The predicted molar refractivity (Wildman–Crippen MR) is 66.6 cm³/mol. The summed E-state index contributed by atoms with van der Waals surface area (Å²) in [5, 5.41) is 9.06. The molecule has 1 saturated heterocycles. The summed E-state index contributed by atoms with van der Waals surface area (Å²) >= 11 is 0. The van der Waals surface area contributed by atoms with E-state index in [9.17, 15) is 0 Å². The normalized spacial score (nSPS) is 19.9. The molecule has 1 N–H and O–H groups in total. The zero-order chi connectivity index (χ0) is 11.6. The molecule has 0 bridgehead atoms. The average Bonchev–Trinajstić information content (AvgIpc) is 2.35. The van der Waals surface area contributed by atoms with E-state index in [4.69, 9.17) is 9.84 Å². The van der Waals surface area contributed by atoms with Gasteiger partial charge in [0, 0.05) is 19.7 Å². The topological polar surface area (TPSA) is 32.7 Å². The van der Waals surface area contributed by atoms with Crippen LogP contribution in [0.25, 0.3) is 0 Å². The molecule has 1 fully saturated rings. The van der Waals surface area contributed by atoms with Crippen molar-refractivity contribution < 1.29 is 9.84 Å². The van der Waals surface area contributed by atoms with Crippen molar-refractivity contribution in [3.05, 3.63) is 0 Å². The van der Waals surface area contributed by atoms with Gasteiger partial charge in [0.25, 0.3) is 0 Å². The van der Waals surface area contributed by atoms with Crippen molar-refractivity contribution in [1.29, 1.82) is 0 Å². The van der Waals surface area contributed by atoms with Crippen LogP contribution in [0.3, 0.4) is 0 Å². The first-order valence-corrected chi connectivity index (χ1v) is 6.77. The molecule has 0 amide bonds. The number of rotatable bonds is 8. The van der Waals surface area contributed by atoms with Crippen LogP contribution in [0.4, 0.5) is 0 Å². The van der Waals surface area contributed by atoms with Crippen molar-refractivity contribution in [3.63, 3.8) is 0 Å². The molecular formula is C13H27NO2. The van der Waals surface area contributed by atoms with Crippen LogP contribution in [0.2, 0.25) is 0 Å². The monoisotopic (exact) mass is 229 g/mol. The van der Waals surface area contributed by atoms with Crippen molar-refractivity contribution in [1.82, 2.24) is 4.90 Å². The van der Waals surface area contributed by atoms with Crippen molar-refractivity contribution in [3.8, 4) is 0 Å². The smallest absolute Gasteiger partial charge is 0.0594 e. The predicted octanol–water partition coefficient (Wildman–Crippen LogP) is 1.90. The zero-order valence-corrected chi connectivity index (χ0v) is 10.7. The summed E-state index contributed by atoms with van der Waals surface area (Å²) in [6, 6.07) is 0. The zero-order valence-electron chi connectivity index (χ0n) is 10.7. The Morgan fingerprint density at radius 1 is 1.19 bits per heavy atom. The summed E-state index contributed by atoms with van der Waals surface area (Å²) in [7, 11) is 0. The molecule has 96 valence electrons. The molecule has 0 saturated carbocycles. The van der Waals surface area contributed by atoms with Crippen molar-refractivity contribution in [2.75, 3.05) is 39.5 Å². The van der Waals surface area contributed by atoms with Crippen LogP contribution in [0.15, 0.2) is 0 Å². The first-order chi connectivity index (χ1) is 7.86. The van der Waals surface area contributed by atoms with E-state index in [1.807, 2.05) is 0 Å².